The first-order valence-electron chi connectivity index (χ1n) is 7.51. The molecule has 0 spiro atoms. The van der Waals surface area contributed by atoms with Gasteiger partial charge in [0, 0.05) is 19.4 Å². The van der Waals surface area contributed by atoms with Crippen molar-refractivity contribution < 1.29 is 0 Å². The van der Waals surface area contributed by atoms with Crippen LogP contribution in [0.5, 0.6) is 0 Å². The minimum atomic E-state index is 0.943. The third kappa shape index (κ3) is 11.8. The molecule has 0 saturated carbocycles. The van der Waals surface area contributed by atoms with E-state index in [0.29, 0.717) is 0 Å². The molecule has 1 rings (SSSR count). The Morgan fingerprint density at radius 2 is 1.53 bits per heavy atom. The molecule has 1 heteroatoms. The van der Waals surface area contributed by atoms with Crippen molar-refractivity contribution >= 4 is 0 Å². The highest BCUT2D eigenvalue weighted by Crippen LogP contribution is 2.15. The number of hydrogen-bond donors (Lipinski definition) is 0. The summed E-state index contributed by atoms with van der Waals surface area (Å²) < 4.78 is 0. The van der Waals surface area contributed by atoms with Crippen LogP contribution < -0.4 is 0 Å². The number of hydrogen-bond acceptors (Lipinski definition) is 1. The van der Waals surface area contributed by atoms with E-state index in [1.807, 2.05) is 27.7 Å². The zero-order valence-corrected chi connectivity index (χ0v) is 13.0. The lowest BCUT2D eigenvalue weighted by Crippen LogP contribution is -2.33. The molecule has 0 aromatic rings. The molecule has 1 aliphatic heterocycles. The van der Waals surface area contributed by atoms with Crippen molar-refractivity contribution in [1.82, 2.24) is 4.90 Å². The molecule has 1 saturated heterocycles. The monoisotopic (exact) mass is 239 g/mol. The SMILES string of the molecule is CC.CC.CCC#CCCN1CCC(C)CC1. The summed E-state index contributed by atoms with van der Waals surface area (Å²) >= 11 is 0. The van der Waals surface area contributed by atoms with Gasteiger partial charge in [-0.15, -0.1) is 11.8 Å². The summed E-state index contributed by atoms with van der Waals surface area (Å²) in [4.78, 5) is 2.55. The maximum atomic E-state index is 3.20. The highest BCUT2D eigenvalue weighted by atomic mass is 15.1. The van der Waals surface area contributed by atoms with Gasteiger partial charge in [-0.05, 0) is 31.8 Å². The smallest absolute Gasteiger partial charge is 0.0217 e. The molecule has 1 heterocycles. The van der Waals surface area contributed by atoms with Crippen LogP contribution in [-0.2, 0) is 0 Å². The van der Waals surface area contributed by atoms with Gasteiger partial charge < -0.3 is 4.90 Å². The van der Waals surface area contributed by atoms with Gasteiger partial charge in [-0.2, -0.15) is 0 Å². The first-order valence-corrected chi connectivity index (χ1v) is 7.51. The molecule has 1 nitrogen and oxygen atoms in total. The lowest BCUT2D eigenvalue weighted by Gasteiger charge is -2.29. The predicted octanol–water partition coefficient (Wildman–Crippen LogP) is 4.57. The Bertz CT molecular complexity index is 179. The van der Waals surface area contributed by atoms with Crippen LogP contribution in [0.25, 0.3) is 0 Å². The quantitative estimate of drug-likeness (QED) is 0.638. The minimum absolute atomic E-state index is 0.943. The fraction of sp³-hybridized carbons (Fsp3) is 0.875. The molecule has 0 unspecified atom stereocenters. The van der Waals surface area contributed by atoms with E-state index in [9.17, 15) is 0 Å². The van der Waals surface area contributed by atoms with Crippen molar-refractivity contribution in [3.05, 3.63) is 0 Å². The first-order chi connectivity index (χ1) is 8.33. The third-order valence-electron chi connectivity index (χ3n) is 2.73. The summed E-state index contributed by atoms with van der Waals surface area (Å²) in [7, 11) is 0. The van der Waals surface area contributed by atoms with Gasteiger partial charge in [-0.3, -0.25) is 0 Å². The van der Waals surface area contributed by atoms with Crippen LogP contribution in [0.3, 0.4) is 0 Å². The van der Waals surface area contributed by atoms with Crippen LogP contribution in [0.15, 0.2) is 0 Å². The Hall–Kier alpha value is -0.480. The minimum Gasteiger partial charge on any atom is -0.302 e. The number of rotatable bonds is 2. The van der Waals surface area contributed by atoms with Crippen molar-refractivity contribution in [3.63, 3.8) is 0 Å². The standard InChI is InChI=1S/C12H21N.2C2H6/c1-3-4-5-6-9-13-10-7-12(2)8-11-13;2*1-2/h12H,3,6-11H2,1-2H3;2*1-2H3. The highest BCUT2D eigenvalue weighted by molar-refractivity contribution is 4.98. The molecular weight excluding hydrogens is 206 g/mol. The van der Waals surface area contributed by atoms with Gasteiger partial charge in [0.2, 0.25) is 0 Å². The van der Waals surface area contributed by atoms with Crippen molar-refractivity contribution in [2.45, 2.75) is 67.2 Å². The Labute approximate surface area is 110 Å². The van der Waals surface area contributed by atoms with E-state index < -0.39 is 0 Å². The first kappa shape index (κ1) is 18.9. The zero-order chi connectivity index (χ0) is 13.5. The maximum absolute atomic E-state index is 3.20. The van der Waals surface area contributed by atoms with Gasteiger partial charge >= 0.3 is 0 Å². The molecule has 1 fully saturated rings. The molecular formula is C16H33N. The molecule has 0 radical (unpaired) electrons. The zero-order valence-electron chi connectivity index (χ0n) is 13.0. The molecule has 0 aliphatic carbocycles. The fourth-order valence-corrected chi connectivity index (χ4v) is 1.71. The molecule has 17 heavy (non-hydrogen) atoms. The topological polar surface area (TPSA) is 3.24 Å². The summed E-state index contributed by atoms with van der Waals surface area (Å²) in [6.45, 7) is 16.2. The molecule has 0 N–H and O–H groups in total. The van der Waals surface area contributed by atoms with Crippen LogP contribution in [0.2, 0.25) is 0 Å². The molecule has 0 atom stereocenters. The van der Waals surface area contributed by atoms with Crippen molar-refractivity contribution in [1.29, 1.82) is 0 Å². The van der Waals surface area contributed by atoms with Gasteiger partial charge in [-0.25, -0.2) is 0 Å². The van der Waals surface area contributed by atoms with Crippen LogP contribution in [-0.4, -0.2) is 24.5 Å². The Morgan fingerprint density at radius 3 is 2.00 bits per heavy atom. The van der Waals surface area contributed by atoms with Crippen molar-refractivity contribution in [2.24, 2.45) is 5.92 Å². The molecule has 0 aromatic carbocycles. The van der Waals surface area contributed by atoms with E-state index in [4.69, 9.17) is 0 Å². The third-order valence-corrected chi connectivity index (χ3v) is 2.73. The van der Waals surface area contributed by atoms with E-state index >= 15 is 0 Å². The number of likely N-dealkylation sites (tertiary alicyclic amines) is 1. The lowest BCUT2D eigenvalue weighted by molar-refractivity contribution is 0.196. The summed E-state index contributed by atoms with van der Waals surface area (Å²) in [5.41, 5.74) is 0. The van der Waals surface area contributed by atoms with E-state index in [2.05, 4.69) is 30.6 Å². The normalized spacial score (nSPS) is 15.6. The molecule has 0 amide bonds. The van der Waals surface area contributed by atoms with E-state index in [1.165, 1.54) is 32.5 Å². The Balaban J connectivity index is 0. The summed E-state index contributed by atoms with van der Waals surface area (Å²) in [5.74, 6) is 7.26. The van der Waals surface area contributed by atoms with E-state index in [0.717, 1.165) is 18.8 Å². The molecule has 0 aromatic heterocycles. The summed E-state index contributed by atoms with van der Waals surface area (Å²) in [6, 6.07) is 0. The summed E-state index contributed by atoms with van der Waals surface area (Å²) in [5, 5.41) is 0. The average Bonchev–Trinajstić information content (AvgIpc) is 2.41. The van der Waals surface area contributed by atoms with Crippen molar-refractivity contribution in [2.75, 3.05) is 19.6 Å². The number of nitrogens with zero attached hydrogens (tertiary/aromatic N) is 1. The highest BCUT2D eigenvalue weighted by Gasteiger charge is 2.14. The molecule has 1 aliphatic rings. The van der Waals surface area contributed by atoms with Gasteiger partial charge in [-0.1, -0.05) is 41.5 Å². The second kappa shape index (κ2) is 15.5. The van der Waals surface area contributed by atoms with Gasteiger partial charge in [0.15, 0.2) is 0 Å². The van der Waals surface area contributed by atoms with Gasteiger partial charge in [0.25, 0.3) is 0 Å². The van der Waals surface area contributed by atoms with Crippen molar-refractivity contribution in [3.8, 4) is 11.8 Å². The predicted molar refractivity (Wildman–Crippen MR) is 80.2 cm³/mol. The van der Waals surface area contributed by atoms with Crippen LogP contribution >= 0.6 is 0 Å². The fourth-order valence-electron chi connectivity index (χ4n) is 1.71. The number of piperidine rings is 1. The lowest BCUT2D eigenvalue weighted by atomic mass is 9.99. The average molecular weight is 239 g/mol. The van der Waals surface area contributed by atoms with Gasteiger partial charge in [0.1, 0.15) is 0 Å². The van der Waals surface area contributed by atoms with Crippen LogP contribution in [0.1, 0.15) is 67.2 Å². The maximum Gasteiger partial charge on any atom is 0.0217 e. The van der Waals surface area contributed by atoms with Crippen LogP contribution in [0.4, 0.5) is 0 Å². The second-order valence-corrected chi connectivity index (χ2v) is 3.98. The van der Waals surface area contributed by atoms with E-state index in [-0.39, 0.29) is 0 Å². The Morgan fingerprint density at radius 1 is 1.00 bits per heavy atom. The Kier molecular flexibility index (Phi) is 17.2. The summed E-state index contributed by atoms with van der Waals surface area (Å²) in [6.07, 6.45) is 4.81. The van der Waals surface area contributed by atoms with E-state index in [1.54, 1.807) is 0 Å². The van der Waals surface area contributed by atoms with Crippen LogP contribution in [0, 0.1) is 17.8 Å². The largest absolute Gasteiger partial charge is 0.302 e. The molecule has 102 valence electrons. The van der Waals surface area contributed by atoms with Gasteiger partial charge in [0.05, 0.1) is 0 Å². The second-order valence-electron chi connectivity index (χ2n) is 3.98. The molecule has 0 bridgehead atoms.